The predicted octanol–water partition coefficient (Wildman–Crippen LogP) is 8.95. The molecule has 5 rings (SSSR count). The molecule has 0 atom stereocenters. The van der Waals surface area contributed by atoms with Gasteiger partial charge in [0.15, 0.2) is 11.5 Å². The molecule has 0 spiro atoms. The van der Waals surface area contributed by atoms with Crippen LogP contribution in [0.15, 0.2) is 43.5 Å². The monoisotopic (exact) mass is 937 g/mol. The molecule has 0 aromatic carbocycles. The van der Waals surface area contributed by atoms with E-state index in [2.05, 4.69) is 75.4 Å². The topological polar surface area (TPSA) is 163 Å². The van der Waals surface area contributed by atoms with Crippen molar-refractivity contribution in [1.82, 2.24) is 29.1 Å². The second kappa shape index (κ2) is 22.6. The second-order valence-corrected chi connectivity index (χ2v) is 37.4. The average molecular weight is 937 g/mol. The van der Waals surface area contributed by atoms with Gasteiger partial charge in [-0.05, 0) is 56.8 Å². The van der Waals surface area contributed by atoms with Crippen LogP contribution in [0.4, 0.5) is 5.82 Å². The first-order chi connectivity index (χ1) is 30.3. The molecular weight excluding hydrogens is 861 g/mol. The van der Waals surface area contributed by atoms with Crippen molar-refractivity contribution in [1.29, 1.82) is 0 Å². The van der Waals surface area contributed by atoms with Gasteiger partial charge in [-0.2, -0.15) is 9.61 Å². The zero-order valence-corrected chi connectivity index (χ0v) is 43.6. The first-order valence-electron chi connectivity index (χ1n) is 22.9. The lowest BCUT2D eigenvalue weighted by Gasteiger charge is -2.38. The van der Waals surface area contributed by atoms with E-state index in [-0.39, 0.29) is 26.0 Å². The molecule has 1 saturated carbocycles. The lowest BCUT2D eigenvalue weighted by Crippen LogP contribution is -2.49. The standard InChI is InChI=1S/C46H76N8O7Si3/c1-13-60-35(2)40-41(36-16-18-46(19-17-36,45(47)55)61-23-22-56-3)51-42-38(37-14-15-39(49-30-37)43-48-20-21-52(43)32-57-24-27-62(4,5)6)31-50-54(42)44(40)53(33-58-25-28-63(7,8)9)34-59-26-29-64(10,11)12/h14-15,20-21,30-31,36H,2,13,16-19,22-29,32-34H2,1,3-12H3,(H2,47,55). The Labute approximate surface area is 384 Å². The maximum Gasteiger partial charge on any atom is 0.249 e. The molecule has 0 saturated heterocycles. The van der Waals surface area contributed by atoms with Crippen LogP contribution in [0.2, 0.25) is 77.1 Å². The largest absolute Gasteiger partial charge is 0.494 e. The van der Waals surface area contributed by atoms with Crippen LogP contribution in [0.25, 0.3) is 34.1 Å². The highest BCUT2D eigenvalue weighted by Gasteiger charge is 2.43. The summed E-state index contributed by atoms with van der Waals surface area (Å²) in [5.41, 5.74) is 9.50. The maximum absolute atomic E-state index is 13.0. The number of pyridine rings is 1. The number of hydrogen-bond acceptors (Lipinski definition) is 12. The van der Waals surface area contributed by atoms with Crippen molar-refractivity contribution >= 4 is 47.4 Å². The van der Waals surface area contributed by atoms with E-state index in [1.54, 1.807) is 13.3 Å². The van der Waals surface area contributed by atoms with Crippen molar-refractivity contribution < 1.29 is 33.2 Å². The number of primary amides is 1. The Morgan fingerprint density at radius 2 is 1.50 bits per heavy atom. The zero-order valence-electron chi connectivity index (χ0n) is 40.6. The quantitative estimate of drug-likeness (QED) is 0.0262. The number of ether oxygens (including phenoxy) is 6. The van der Waals surface area contributed by atoms with Crippen LogP contribution in [0.3, 0.4) is 0 Å². The highest BCUT2D eigenvalue weighted by Crippen LogP contribution is 2.45. The van der Waals surface area contributed by atoms with Gasteiger partial charge >= 0.3 is 0 Å². The number of nitrogens with zero attached hydrogens (tertiary/aromatic N) is 7. The highest BCUT2D eigenvalue weighted by molar-refractivity contribution is 6.76. The van der Waals surface area contributed by atoms with Crippen molar-refractivity contribution in [2.45, 2.75) is 128 Å². The van der Waals surface area contributed by atoms with Crippen molar-refractivity contribution in [3.63, 3.8) is 0 Å². The van der Waals surface area contributed by atoms with Gasteiger partial charge in [0, 0.05) is 86.8 Å². The van der Waals surface area contributed by atoms with Gasteiger partial charge < -0.3 is 43.6 Å². The number of methoxy groups -OCH3 is 1. The van der Waals surface area contributed by atoms with E-state index in [0.29, 0.717) is 76.9 Å². The third kappa shape index (κ3) is 14.1. The highest BCUT2D eigenvalue weighted by atomic mass is 28.3. The number of anilines is 1. The Morgan fingerprint density at radius 3 is 2.05 bits per heavy atom. The SMILES string of the molecule is C=C(OCC)c1c(C2CCC(OCCOC)(C(N)=O)CC2)nc2c(-c3ccc(-c4nccn4COCC[Si](C)(C)C)nc3)cnn2c1N(COCC[Si](C)(C)C)COCC[Si](C)(C)C. The Bertz CT molecular complexity index is 2100. The molecule has 354 valence electrons. The van der Waals surface area contributed by atoms with Crippen LogP contribution in [0.1, 0.15) is 49.8 Å². The van der Waals surface area contributed by atoms with E-state index in [0.717, 1.165) is 57.9 Å². The third-order valence-corrected chi connectivity index (χ3v) is 16.7. The molecule has 4 heterocycles. The number of nitrogens with two attached hydrogens (primary N) is 1. The molecule has 1 aliphatic carbocycles. The zero-order chi connectivity index (χ0) is 46.7. The number of imidazole rings is 1. The molecule has 4 aromatic heterocycles. The van der Waals surface area contributed by atoms with Gasteiger partial charge in [-0.1, -0.05) is 71.6 Å². The number of aromatic nitrogens is 6. The van der Waals surface area contributed by atoms with Gasteiger partial charge in [0.25, 0.3) is 0 Å². The minimum Gasteiger partial charge on any atom is -0.494 e. The summed E-state index contributed by atoms with van der Waals surface area (Å²) in [6.45, 7) is 31.5. The fourth-order valence-electron chi connectivity index (χ4n) is 7.58. The van der Waals surface area contributed by atoms with Crippen molar-refractivity contribution in [3.05, 3.63) is 54.8 Å². The van der Waals surface area contributed by atoms with Gasteiger partial charge in [-0.3, -0.25) is 9.78 Å². The summed E-state index contributed by atoms with van der Waals surface area (Å²) in [6.07, 6.45) is 9.44. The van der Waals surface area contributed by atoms with Gasteiger partial charge in [0.05, 0.1) is 37.3 Å². The van der Waals surface area contributed by atoms with Crippen LogP contribution in [-0.2, 0) is 39.9 Å². The normalized spacial score (nSPS) is 17.3. The molecule has 1 amide bonds. The number of carbonyl (C=O) groups excluding carboxylic acids is 1. The van der Waals surface area contributed by atoms with Crippen LogP contribution in [-0.4, -0.2) is 125 Å². The molecular formula is C46H76N8O7Si3. The van der Waals surface area contributed by atoms with Gasteiger partial charge in [-0.25, -0.2) is 9.97 Å². The summed E-state index contributed by atoms with van der Waals surface area (Å²) in [5, 5.41) is 5.04. The van der Waals surface area contributed by atoms with Gasteiger partial charge in [-0.15, -0.1) is 0 Å². The van der Waals surface area contributed by atoms with E-state index >= 15 is 0 Å². The maximum atomic E-state index is 13.0. The summed E-state index contributed by atoms with van der Waals surface area (Å²) in [4.78, 5) is 30.1. The van der Waals surface area contributed by atoms with Crippen LogP contribution >= 0.6 is 0 Å². The van der Waals surface area contributed by atoms with Crippen molar-refractivity contribution in [2.75, 3.05) is 65.1 Å². The number of carbonyl (C=O) groups is 1. The molecule has 15 nitrogen and oxygen atoms in total. The first-order valence-corrected chi connectivity index (χ1v) is 34.0. The summed E-state index contributed by atoms with van der Waals surface area (Å²) in [7, 11) is -2.36. The Morgan fingerprint density at radius 1 is 0.875 bits per heavy atom. The fourth-order valence-corrected chi connectivity index (χ4v) is 9.85. The molecule has 0 unspecified atom stereocenters. The number of hydrogen-bond donors (Lipinski definition) is 1. The molecule has 0 bridgehead atoms. The van der Waals surface area contributed by atoms with E-state index in [1.807, 2.05) is 46.7 Å². The number of amides is 1. The smallest absolute Gasteiger partial charge is 0.249 e. The van der Waals surface area contributed by atoms with Crippen LogP contribution in [0.5, 0.6) is 0 Å². The summed E-state index contributed by atoms with van der Waals surface area (Å²) >= 11 is 0. The molecule has 18 heteroatoms. The minimum atomic E-state index is -1.38. The Balaban J connectivity index is 1.61. The van der Waals surface area contributed by atoms with E-state index in [9.17, 15) is 4.79 Å². The summed E-state index contributed by atoms with van der Waals surface area (Å²) in [6, 6.07) is 7.14. The molecule has 4 aromatic rings. The van der Waals surface area contributed by atoms with Gasteiger partial charge in [0.2, 0.25) is 5.91 Å². The molecule has 0 aliphatic heterocycles. The molecule has 1 fully saturated rings. The number of rotatable bonds is 27. The second-order valence-electron chi connectivity index (χ2n) is 20.6. The molecule has 2 N–H and O–H groups in total. The number of fused-ring (bicyclic) bond motifs is 1. The molecule has 1 aliphatic rings. The summed E-state index contributed by atoms with van der Waals surface area (Å²) < 4.78 is 40.6. The Kier molecular flexibility index (Phi) is 18.1. The van der Waals surface area contributed by atoms with Crippen LogP contribution in [0, 0.1) is 0 Å². The molecule has 0 radical (unpaired) electrons. The summed E-state index contributed by atoms with van der Waals surface area (Å²) in [5.74, 6) is 1.37. The first kappa shape index (κ1) is 51.2. The fraction of sp³-hybridized carbons (Fsp3) is 0.630. The molecule has 64 heavy (non-hydrogen) atoms. The lowest BCUT2D eigenvalue weighted by molar-refractivity contribution is -0.151. The van der Waals surface area contributed by atoms with Crippen LogP contribution < -0.4 is 10.6 Å². The van der Waals surface area contributed by atoms with E-state index < -0.39 is 35.7 Å². The Hall–Kier alpha value is -3.76. The predicted molar refractivity (Wildman–Crippen MR) is 264 cm³/mol. The van der Waals surface area contributed by atoms with E-state index in [4.69, 9.17) is 49.2 Å². The lowest BCUT2D eigenvalue weighted by atomic mass is 9.76. The van der Waals surface area contributed by atoms with Gasteiger partial charge in [0.1, 0.15) is 43.1 Å². The average Bonchev–Trinajstić information content (AvgIpc) is 3.88. The third-order valence-electron chi connectivity index (χ3n) is 11.6. The minimum absolute atomic E-state index is 0.0907. The van der Waals surface area contributed by atoms with Crippen molar-refractivity contribution in [2.24, 2.45) is 5.73 Å². The van der Waals surface area contributed by atoms with E-state index in [1.165, 1.54) is 0 Å². The van der Waals surface area contributed by atoms with Crippen molar-refractivity contribution in [3.8, 4) is 22.6 Å².